The maximum atomic E-state index is 13.0. The van der Waals surface area contributed by atoms with E-state index in [0.717, 1.165) is 0 Å². The molecule has 1 heterocycles. The van der Waals surface area contributed by atoms with Crippen LogP contribution in [0.25, 0.3) is 0 Å². The van der Waals surface area contributed by atoms with Crippen LogP contribution in [0.3, 0.4) is 0 Å². The van der Waals surface area contributed by atoms with Gasteiger partial charge in [-0.25, -0.2) is 0 Å². The summed E-state index contributed by atoms with van der Waals surface area (Å²) in [5.41, 5.74) is 0.436. The van der Waals surface area contributed by atoms with Gasteiger partial charge in [0, 0.05) is 44.6 Å². The normalized spacial score (nSPS) is 14.3. The third-order valence-electron chi connectivity index (χ3n) is 4.74. The molecule has 2 amide bonds. The van der Waals surface area contributed by atoms with Crippen LogP contribution in [0.5, 0.6) is 17.2 Å². The summed E-state index contributed by atoms with van der Waals surface area (Å²) < 4.78 is 15.9. The minimum absolute atomic E-state index is 0.00220. The van der Waals surface area contributed by atoms with Gasteiger partial charge in [-0.15, -0.1) is 0 Å². The molecule has 0 atom stereocenters. The fraction of sp³-hybridized carbons (Fsp3) is 0.550. The summed E-state index contributed by atoms with van der Waals surface area (Å²) >= 11 is 0. The molecular formula is C20H28N2O6. The van der Waals surface area contributed by atoms with Crippen LogP contribution in [0.4, 0.5) is 0 Å². The standard InChI is InChI=1S/C20H28N2O6/c1-14(23)6-7-18(24)21-8-5-9-22(11-10-21)20(25)15-12-16(26-2)19(28-4)17(13-15)27-3/h12-13H,5-11H2,1-4H3. The van der Waals surface area contributed by atoms with Crippen LogP contribution in [0.2, 0.25) is 0 Å². The number of nitrogens with zero attached hydrogens (tertiary/aromatic N) is 2. The monoisotopic (exact) mass is 392 g/mol. The van der Waals surface area contributed by atoms with Crippen LogP contribution in [0, 0.1) is 0 Å². The third kappa shape index (κ3) is 5.15. The highest BCUT2D eigenvalue weighted by Crippen LogP contribution is 2.38. The van der Waals surface area contributed by atoms with Crippen LogP contribution in [-0.4, -0.2) is 74.9 Å². The number of benzene rings is 1. The van der Waals surface area contributed by atoms with Crippen molar-refractivity contribution in [1.29, 1.82) is 0 Å². The lowest BCUT2D eigenvalue weighted by Gasteiger charge is -2.23. The molecule has 0 N–H and O–H groups in total. The van der Waals surface area contributed by atoms with Crippen molar-refractivity contribution in [1.82, 2.24) is 9.80 Å². The zero-order valence-electron chi connectivity index (χ0n) is 16.9. The average Bonchev–Trinajstić information content (AvgIpc) is 2.96. The van der Waals surface area contributed by atoms with Crippen LogP contribution < -0.4 is 14.2 Å². The number of rotatable bonds is 7. The average molecular weight is 392 g/mol. The minimum atomic E-state index is -0.155. The van der Waals surface area contributed by atoms with Gasteiger partial charge in [0.25, 0.3) is 5.91 Å². The number of methoxy groups -OCH3 is 3. The molecule has 0 aromatic heterocycles. The first-order valence-electron chi connectivity index (χ1n) is 9.27. The van der Waals surface area contributed by atoms with Crippen molar-refractivity contribution < 1.29 is 28.6 Å². The molecule has 1 aliphatic rings. The number of Topliss-reactive ketones (excluding diaryl/α,β-unsaturated/α-hetero) is 1. The number of ether oxygens (including phenoxy) is 3. The Balaban J connectivity index is 2.11. The summed E-state index contributed by atoms with van der Waals surface area (Å²) in [6.07, 6.45) is 1.15. The van der Waals surface area contributed by atoms with Gasteiger partial charge in [0.05, 0.1) is 21.3 Å². The highest BCUT2D eigenvalue weighted by Gasteiger charge is 2.25. The molecule has 154 valence electrons. The van der Waals surface area contributed by atoms with Crippen LogP contribution in [-0.2, 0) is 9.59 Å². The van der Waals surface area contributed by atoms with Gasteiger partial charge in [-0.3, -0.25) is 9.59 Å². The molecule has 0 spiro atoms. The Morgan fingerprint density at radius 3 is 1.96 bits per heavy atom. The summed E-state index contributed by atoms with van der Waals surface area (Å²) in [4.78, 5) is 39.8. The van der Waals surface area contributed by atoms with Crippen LogP contribution in [0.1, 0.15) is 36.5 Å². The van der Waals surface area contributed by atoms with E-state index >= 15 is 0 Å². The van der Waals surface area contributed by atoms with Gasteiger partial charge >= 0.3 is 0 Å². The molecular weight excluding hydrogens is 364 g/mol. The molecule has 1 fully saturated rings. The molecule has 1 aliphatic heterocycles. The lowest BCUT2D eigenvalue weighted by atomic mass is 10.1. The lowest BCUT2D eigenvalue weighted by Crippen LogP contribution is -2.37. The second kappa shape index (κ2) is 9.96. The van der Waals surface area contributed by atoms with Crippen molar-refractivity contribution in [3.63, 3.8) is 0 Å². The van der Waals surface area contributed by atoms with E-state index in [9.17, 15) is 14.4 Å². The van der Waals surface area contributed by atoms with E-state index in [-0.39, 0.29) is 30.4 Å². The molecule has 0 aliphatic carbocycles. The Labute approximate surface area is 165 Å². The predicted molar refractivity (Wildman–Crippen MR) is 103 cm³/mol. The van der Waals surface area contributed by atoms with Gasteiger partial charge < -0.3 is 28.8 Å². The molecule has 2 rings (SSSR count). The van der Waals surface area contributed by atoms with Crippen molar-refractivity contribution in [2.75, 3.05) is 47.5 Å². The first-order chi connectivity index (χ1) is 13.4. The minimum Gasteiger partial charge on any atom is -0.493 e. The SMILES string of the molecule is COc1cc(C(=O)N2CCCN(C(=O)CCC(C)=O)CC2)cc(OC)c1OC. The predicted octanol–water partition coefficient (Wildman–Crippen LogP) is 1.76. The van der Waals surface area contributed by atoms with Gasteiger partial charge in [0.1, 0.15) is 5.78 Å². The largest absolute Gasteiger partial charge is 0.493 e. The van der Waals surface area contributed by atoms with E-state index in [2.05, 4.69) is 0 Å². The van der Waals surface area contributed by atoms with Crippen molar-refractivity contribution >= 4 is 17.6 Å². The second-order valence-corrected chi connectivity index (χ2v) is 6.64. The molecule has 0 unspecified atom stereocenters. The van der Waals surface area contributed by atoms with E-state index in [1.165, 1.54) is 28.3 Å². The maximum absolute atomic E-state index is 13.0. The maximum Gasteiger partial charge on any atom is 0.254 e. The van der Waals surface area contributed by atoms with E-state index in [1.807, 2.05) is 0 Å². The lowest BCUT2D eigenvalue weighted by molar-refractivity contribution is -0.132. The van der Waals surface area contributed by atoms with Gasteiger partial charge in [-0.2, -0.15) is 0 Å². The van der Waals surface area contributed by atoms with Crippen LogP contribution in [0.15, 0.2) is 12.1 Å². The van der Waals surface area contributed by atoms with Gasteiger partial charge in [-0.1, -0.05) is 0 Å². The number of carbonyl (C=O) groups excluding carboxylic acids is 3. The summed E-state index contributed by atoms with van der Waals surface area (Å²) in [6, 6.07) is 3.26. The summed E-state index contributed by atoms with van der Waals surface area (Å²) in [5.74, 6) is 1.07. The zero-order chi connectivity index (χ0) is 20.7. The molecule has 0 saturated carbocycles. The smallest absolute Gasteiger partial charge is 0.254 e. The first-order valence-corrected chi connectivity index (χ1v) is 9.27. The van der Waals surface area contributed by atoms with Crippen molar-refractivity contribution in [2.45, 2.75) is 26.2 Å². The van der Waals surface area contributed by atoms with Gasteiger partial charge in [0.2, 0.25) is 11.7 Å². The number of ketones is 1. The summed E-state index contributed by atoms with van der Waals surface area (Å²) in [7, 11) is 4.51. The molecule has 0 bridgehead atoms. The second-order valence-electron chi connectivity index (χ2n) is 6.64. The fourth-order valence-corrected chi connectivity index (χ4v) is 3.20. The molecule has 28 heavy (non-hydrogen) atoms. The quantitative estimate of drug-likeness (QED) is 0.703. The molecule has 8 nitrogen and oxygen atoms in total. The Bertz CT molecular complexity index is 708. The highest BCUT2D eigenvalue weighted by atomic mass is 16.5. The van der Waals surface area contributed by atoms with Crippen molar-refractivity contribution in [3.8, 4) is 17.2 Å². The van der Waals surface area contributed by atoms with Gasteiger partial charge in [0.15, 0.2) is 11.5 Å². The Morgan fingerprint density at radius 1 is 0.857 bits per heavy atom. The number of hydrogen-bond donors (Lipinski definition) is 0. The van der Waals surface area contributed by atoms with Crippen molar-refractivity contribution in [3.05, 3.63) is 17.7 Å². The Hall–Kier alpha value is -2.77. The molecule has 1 aromatic carbocycles. The molecule has 1 saturated heterocycles. The Kier molecular flexibility index (Phi) is 7.66. The fourth-order valence-electron chi connectivity index (χ4n) is 3.20. The first kappa shape index (κ1) is 21.5. The molecule has 1 aromatic rings. The summed E-state index contributed by atoms with van der Waals surface area (Å²) in [5, 5.41) is 0. The topological polar surface area (TPSA) is 85.4 Å². The third-order valence-corrected chi connectivity index (χ3v) is 4.74. The van der Waals surface area contributed by atoms with Gasteiger partial charge in [-0.05, 0) is 25.5 Å². The van der Waals surface area contributed by atoms with Crippen molar-refractivity contribution in [2.24, 2.45) is 0 Å². The van der Waals surface area contributed by atoms with Crippen LogP contribution >= 0.6 is 0 Å². The van der Waals surface area contributed by atoms with E-state index in [0.29, 0.717) is 55.4 Å². The molecule has 8 heteroatoms. The summed E-state index contributed by atoms with van der Waals surface area (Å²) in [6.45, 7) is 3.49. The number of hydrogen-bond acceptors (Lipinski definition) is 6. The highest BCUT2D eigenvalue weighted by molar-refractivity contribution is 5.95. The number of amides is 2. The molecule has 0 radical (unpaired) electrons. The van der Waals surface area contributed by atoms with E-state index in [1.54, 1.807) is 21.9 Å². The number of carbonyl (C=O) groups is 3. The Morgan fingerprint density at radius 2 is 1.43 bits per heavy atom. The van der Waals surface area contributed by atoms with E-state index < -0.39 is 0 Å². The van der Waals surface area contributed by atoms with E-state index in [4.69, 9.17) is 14.2 Å². The zero-order valence-corrected chi connectivity index (χ0v) is 16.9.